The zero-order valence-electron chi connectivity index (χ0n) is 18.2. The number of likely N-dealkylation sites (tertiary alicyclic amines) is 1. The Labute approximate surface area is 191 Å². The third-order valence-corrected chi connectivity index (χ3v) is 6.57. The van der Waals surface area contributed by atoms with Crippen LogP contribution in [0.15, 0.2) is 29.0 Å². The van der Waals surface area contributed by atoms with Crippen molar-refractivity contribution < 1.29 is 14.3 Å². The quantitative estimate of drug-likeness (QED) is 0.695. The lowest BCUT2D eigenvalue weighted by atomic mass is 9.93. The molecule has 1 N–H and O–H groups in total. The number of fused-ring (bicyclic) bond motifs is 1. The fourth-order valence-corrected chi connectivity index (χ4v) is 4.67. The Morgan fingerprint density at radius 3 is 2.87 bits per heavy atom. The van der Waals surface area contributed by atoms with Crippen LogP contribution < -0.4 is 5.32 Å². The molecular weight excluding hydrogens is 460 g/mol. The summed E-state index contributed by atoms with van der Waals surface area (Å²) in [6, 6.07) is 3.75. The largest absolute Gasteiger partial charge is 0.366 e. The molecule has 1 aliphatic carbocycles. The van der Waals surface area contributed by atoms with Gasteiger partial charge in [-0.15, -0.1) is 0 Å². The number of carbonyl (C=O) groups excluding carboxylic acids is 2. The van der Waals surface area contributed by atoms with Crippen molar-refractivity contribution in [3.63, 3.8) is 0 Å². The molecule has 31 heavy (non-hydrogen) atoms. The zero-order chi connectivity index (χ0) is 22.2. The Bertz CT molecular complexity index is 990. The van der Waals surface area contributed by atoms with Gasteiger partial charge in [0.25, 0.3) is 5.91 Å². The van der Waals surface area contributed by atoms with Crippen molar-refractivity contribution in [3.05, 3.63) is 34.7 Å². The first-order valence-electron chi connectivity index (χ1n) is 10.8. The fraction of sp³-hybridized carbons (Fsp3) is 0.565. The molecule has 0 spiro atoms. The zero-order valence-corrected chi connectivity index (χ0v) is 19.8. The summed E-state index contributed by atoms with van der Waals surface area (Å²) in [7, 11) is 0. The molecule has 1 aliphatic heterocycles. The van der Waals surface area contributed by atoms with E-state index in [4.69, 9.17) is 4.74 Å². The number of nitrogens with one attached hydrogen (secondary N) is 1. The van der Waals surface area contributed by atoms with E-state index in [1.165, 1.54) is 0 Å². The summed E-state index contributed by atoms with van der Waals surface area (Å²) in [5, 5.41) is 4.02. The molecule has 166 valence electrons. The molecule has 2 aliphatic rings. The van der Waals surface area contributed by atoms with E-state index in [0.717, 1.165) is 47.7 Å². The third-order valence-electron chi connectivity index (χ3n) is 5.99. The van der Waals surface area contributed by atoms with Crippen molar-refractivity contribution in [2.45, 2.75) is 51.7 Å². The summed E-state index contributed by atoms with van der Waals surface area (Å²) in [4.78, 5) is 35.8. The van der Waals surface area contributed by atoms with Gasteiger partial charge in [0.2, 0.25) is 5.91 Å². The standard InChI is InChI=1S/C23H29BrN4O3/c1-23(2,3)31-13-20(29)28-8-4-5-15(12-28)16-9-19(16)27-22(30)18-7-6-14-10-25-11-17(24)21(14)26-18/h6-7,10-11,15-16,19H,4-5,8-9,12-13H2,1-3H3,(H,27,30). The number of piperidine rings is 1. The van der Waals surface area contributed by atoms with Gasteiger partial charge in [-0.3, -0.25) is 14.6 Å². The average Bonchev–Trinajstić information content (AvgIpc) is 3.50. The number of nitrogens with zero attached hydrogens (tertiary/aromatic N) is 3. The maximum absolute atomic E-state index is 12.7. The lowest BCUT2D eigenvalue weighted by Gasteiger charge is -2.34. The maximum Gasteiger partial charge on any atom is 0.270 e. The highest BCUT2D eigenvalue weighted by Gasteiger charge is 2.45. The number of hydrogen-bond donors (Lipinski definition) is 1. The Kier molecular flexibility index (Phi) is 6.30. The summed E-state index contributed by atoms with van der Waals surface area (Å²) in [6.45, 7) is 7.53. The smallest absolute Gasteiger partial charge is 0.270 e. The molecule has 2 aromatic heterocycles. The van der Waals surface area contributed by atoms with E-state index in [2.05, 4.69) is 31.2 Å². The lowest BCUT2D eigenvalue weighted by molar-refractivity contribution is -0.143. The summed E-state index contributed by atoms with van der Waals surface area (Å²) in [5.41, 5.74) is 0.818. The second-order valence-electron chi connectivity index (χ2n) is 9.51. The van der Waals surface area contributed by atoms with Gasteiger partial charge >= 0.3 is 0 Å². The first-order chi connectivity index (χ1) is 14.7. The molecule has 3 heterocycles. The van der Waals surface area contributed by atoms with Gasteiger partial charge in [-0.05, 0) is 79.9 Å². The van der Waals surface area contributed by atoms with E-state index in [9.17, 15) is 9.59 Å². The number of aromatic nitrogens is 2. The number of amides is 2. The predicted molar refractivity (Wildman–Crippen MR) is 122 cm³/mol. The molecule has 2 fully saturated rings. The monoisotopic (exact) mass is 488 g/mol. The molecule has 0 radical (unpaired) electrons. The molecule has 2 amide bonds. The van der Waals surface area contributed by atoms with Crippen molar-refractivity contribution in [2.75, 3.05) is 19.7 Å². The Morgan fingerprint density at radius 1 is 1.29 bits per heavy atom. The van der Waals surface area contributed by atoms with Crippen LogP contribution in [-0.4, -0.2) is 58.0 Å². The van der Waals surface area contributed by atoms with Crippen molar-refractivity contribution in [3.8, 4) is 0 Å². The number of rotatable bonds is 5. The minimum absolute atomic E-state index is 0.0568. The minimum atomic E-state index is -0.320. The third kappa shape index (κ3) is 5.41. The van der Waals surface area contributed by atoms with Crippen LogP contribution in [0.5, 0.6) is 0 Å². The van der Waals surface area contributed by atoms with Gasteiger partial charge in [0, 0.05) is 36.9 Å². The molecule has 1 saturated heterocycles. The molecule has 3 unspecified atom stereocenters. The molecule has 3 atom stereocenters. The van der Waals surface area contributed by atoms with Gasteiger partial charge in [-0.1, -0.05) is 0 Å². The second-order valence-corrected chi connectivity index (χ2v) is 10.4. The molecule has 4 rings (SSSR count). The number of carbonyl (C=O) groups is 2. The van der Waals surface area contributed by atoms with Crippen LogP contribution in [0.25, 0.3) is 10.9 Å². The minimum Gasteiger partial charge on any atom is -0.366 e. The Balaban J connectivity index is 1.32. The van der Waals surface area contributed by atoms with Gasteiger partial charge in [0.15, 0.2) is 0 Å². The van der Waals surface area contributed by atoms with Gasteiger partial charge in [0.1, 0.15) is 12.3 Å². The normalized spacial score (nSPS) is 23.6. The highest BCUT2D eigenvalue weighted by molar-refractivity contribution is 9.10. The van der Waals surface area contributed by atoms with Crippen molar-refractivity contribution in [2.24, 2.45) is 11.8 Å². The van der Waals surface area contributed by atoms with Gasteiger partial charge in [0.05, 0.1) is 15.6 Å². The van der Waals surface area contributed by atoms with Gasteiger partial charge < -0.3 is 15.0 Å². The van der Waals surface area contributed by atoms with Crippen LogP contribution >= 0.6 is 15.9 Å². The predicted octanol–water partition coefficient (Wildman–Crippen LogP) is 3.56. The molecule has 1 saturated carbocycles. The van der Waals surface area contributed by atoms with E-state index in [1.807, 2.05) is 31.7 Å². The molecular formula is C23H29BrN4O3. The van der Waals surface area contributed by atoms with Gasteiger partial charge in [-0.25, -0.2) is 4.98 Å². The fourth-order valence-electron chi connectivity index (χ4n) is 4.24. The van der Waals surface area contributed by atoms with Crippen LogP contribution in [0.2, 0.25) is 0 Å². The van der Waals surface area contributed by atoms with E-state index >= 15 is 0 Å². The highest BCUT2D eigenvalue weighted by Crippen LogP contribution is 2.41. The second kappa shape index (κ2) is 8.82. The SMILES string of the molecule is CC(C)(C)OCC(=O)N1CCCC(C2CC2NC(=O)c2ccc3cncc(Br)c3n2)C1. The molecule has 0 aromatic carbocycles. The number of halogens is 1. The number of ether oxygens (including phenoxy) is 1. The first kappa shape index (κ1) is 22.1. The molecule has 0 bridgehead atoms. The molecule has 2 aromatic rings. The number of hydrogen-bond acceptors (Lipinski definition) is 5. The van der Waals surface area contributed by atoms with Crippen LogP contribution in [0, 0.1) is 11.8 Å². The average molecular weight is 489 g/mol. The Hall–Kier alpha value is -2.06. The van der Waals surface area contributed by atoms with E-state index in [0.29, 0.717) is 17.5 Å². The van der Waals surface area contributed by atoms with E-state index in [-0.39, 0.29) is 30.1 Å². The first-order valence-corrected chi connectivity index (χ1v) is 11.6. The summed E-state index contributed by atoms with van der Waals surface area (Å²) < 4.78 is 6.42. The summed E-state index contributed by atoms with van der Waals surface area (Å²) in [6.07, 6.45) is 6.45. The van der Waals surface area contributed by atoms with E-state index < -0.39 is 0 Å². The maximum atomic E-state index is 12.7. The van der Waals surface area contributed by atoms with Crippen molar-refractivity contribution >= 4 is 38.6 Å². The molecule has 8 heteroatoms. The Morgan fingerprint density at radius 2 is 2.10 bits per heavy atom. The topological polar surface area (TPSA) is 84.4 Å². The van der Waals surface area contributed by atoms with Crippen molar-refractivity contribution in [1.82, 2.24) is 20.2 Å². The van der Waals surface area contributed by atoms with Gasteiger partial charge in [-0.2, -0.15) is 0 Å². The number of pyridine rings is 2. The molecule has 7 nitrogen and oxygen atoms in total. The van der Waals surface area contributed by atoms with Crippen LogP contribution in [-0.2, 0) is 9.53 Å². The van der Waals surface area contributed by atoms with Crippen LogP contribution in [0.1, 0.15) is 50.5 Å². The van der Waals surface area contributed by atoms with Crippen molar-refractivity contribution in [1.29, 1.82) is 0 Å². The highest BCUT2D eigenvalue weighted by atomic mass is 79.9. The van der Waals surface area contributed by atoms with Crippen LogP contribution in [0.4, 0.5) is 0 Å². The van der Waals surface area contributed by atoms with Crippen LogP contribution in [0.3, 0.4) is 0 Å². The lowest BCUT2D eigenvalue weighted by Crippen LogP contribution is -2.44. The summed E-state index contributed by atoms with van der Waals surface area (Å²) in [5.74, 6) is 0.739. The summed E-state index contributed by atoms with van der Waals surface area (Å²) >= 11 is 3.45. The van der Waals surface area contributed by atoms with E-state index in [1.54, 1.807) is 18.5 Å².